The van der Waals surface area contributed by atoms with E-state index in [1.807, 2.05) is 27.7 Å². The summed E-state index contributed by atoms with van der Waals surface area (Å²) in [7, 11) is 0. The monoisotopic (exact) mass is 187 g/mol. The first-order valence-corrected chi connectivity index (χ1v) is 4.62. The molecule has 3 heteroatoms. The molecule has 78 valence electrons. The van der Waals surface area contributed by atoms with Gasteiger partial charge in [0.05, 0.1) is 5.41 Å². The van der Waals surface area contributed by atoms with Crippen molar-refractivity contribution in [3.8, 4) is 0 Å². The molecule has 0 atom stereocenters. The topological polar surface area (TPSA) is 49.3 Å². The third-order valence-electron chi connectivity index (χ3n) is 2.75. The summed E-state index contributed by atoms with van der Waals surface area (Å²) in [5, 5.41) is 12.3. The van der Waals surface area contributed by atoms with Crippen molar-refractivity contribution in [1.82, 2.24) is 5.32 Å². The molecule has 0 aromatic rings. The van der Waals surface area contributed by atoms with Crippen LogP contribution in [0.15, 0.2) is 0 Å². The predicted molar refractivity (Wildman–Crippen MR) is 53.8 cm³/mol. The molecule has 0 unspecified atom stereocenters. The third-order valence-corrected chi connectivity index (χ3v) is 2.75. The Labute approximate surface area is 80.5 Å². The van der Waals surface area contributed by atoms with Crippen molar-refractivity contribution in [3.63, 3.8) is 0 Å². The second-order valence-electron chi connectivity index (χ2n) is 4.85. The maximum absolute atomic E-state index is 11.0. The maximum atomic E-state index is 11.0. The number of hydrogen-bond donors (Lipinski definition) is 2. The fourth-order valence-corrected chi connectivity index (χ4v) is 1.17. The van der Waals surface area contributed by atoms with Crippen molar-refractivity contribution in [2.24, 2.45) is 5.41 Å². The van der Waals surface area contributed by atoms with E-state index in [1.54, 1.807) is 13.8 Å². The highest BCUT2D eigenvalue weighted by atomic mass is 16.4. The molecule has 0 aliphatic rings. The number of carbonyl (C=O) groups is 1. The quantitative estimate of drug-likeness (QED) is 0.706. The molecule has 0 radical (unpaired) electrons. The average molecular weight is 187 g/mol. The SMILES string of the molecule is CC(C)NC(C)(C)C(C)(C)C(=O)O. The second-order valence-corrected chi connectivity index (χ2v) is 4.85. The molecule has 0 fully saturated rings. The van der Waals surface area contributed by atoms with Crippen LogP contribution in [0, 0.1) is 5.41 Å². The Morgan fingerprint density at radius 3 is 1.85 bits per heavy atom. The van der Waals surface area contributed by atoms with E-state index in [4.69, 9.17) is 5.11 Å². The minimum atomic E-state index is -0.773. The van der Waals surface area contributed by atoms with Gasteiger partial charge < -0.3 is 10.4 Å². The highest BCUT2D eigenvalue weighted by Crippen LogP contribution is 2.30. The first-order valence-electron chi connectivity index (χ1n) is 4.62. The molecular formula is C10H21NO2. The van der Waals surface area contributed by atoms with Gasteiger partial charge >= 0.3 is 5.97 Å². The minimum absolute atomic E-state index is 0.286. The molecule has 0 aromatic heterocycles. The average Bonchev–Trinajstić information content (AvgIpc) is 1.83. The van der Waals surface area contributed by atoms with Gasteiger partial charge in [0.1, 0.15) is 0 Å². The summed E-state index contributed by atoms with van der Waals surface area (Å²) in [6, 6.07) is 0.286. The molecule has 0 bridgehead atoms. The van der Waals surface area contributed by atoms with Gasteiger partial charge in [-0.3, -0.25) is 4.79 Å². The second kappa shape index (κ2) is 3.66. The highest BCUT2D eigenvalue weighted by molar-refractivity contribution is 5.75. The Bertz CT molecular complexity index is 195. The van der Waals surface area contributed by atoms with Crippen LogP contribution in [0.4, 0.5) is 0 Å². The van der Waals surface area contributed by atoms with Crippen LogP contribution in [-0.2, 0) is 4.79 Å². The summed E-state index contributed by atoms with van der Waals surface area (Å²) in [5.41, 5.74) is -1.18. The normalized spacial score (nSPS) is 13.5. The number of rotatable bonds is 4. The molecule has 0 aliphatic heterocycles. The lowest BCUT2D eigenvalue weighted by atomic mass is 9.74. The van der Waals surface area contributed by atoms with Gasteiger partial charge in [-0.05, 0) is 27.7 Å². The molecule has 0 aliphatic carbocycles. The molecule has 0 aromatic carbocycles. The van der Waals surface area contributed by atoms with E-state index in [0.29, 0.717) is 0 Å². The maximum Gasteiger partial charge on any atom is 0.310 e. The van der Waals surface area contributed by atoms with E-state index in [0.717, 1.165) is 0 Å². The number of nitrogens with one attached hydrogen (secondary N) is 1. The summed E-state index contributed by atoms with van der Waals surface area (Å²) in [6.07, 6.45) is 0. The van der Waals surface area contributed by atoms with Crippen LogP contribution in [0.25, 0.3) is 0 Å². The fourth-order valence-electron chi connectivity index (χ4n) is 1.17. The molecule has 0 saturated heterocycles. The number of carboxylic acid groups (broad SMARTS) is 1. The van der Waals surface area contributed by atoms with Crippen LogP contribution in [0.3, 0.4) is 0 Å². The van der Waals surface area contributed by atoms with E-state index in [2.05, 4.69) is 5.32 Å². The van der Waals surface area contributed by atoms with E-state index in [-0.39, 0.29) is 6.04 Å². The van der Waals surface area contributed by atoms with Crippen molar-refractivity contribution < 1.29 is 9.90 Å². The van der Waals surface area contributed by atoms with Crippen molar-refractivity contribution in [2.45, 2.75) is 53.1 Å². The molecule has 0 spiro atoms. The first kappa shape index (κ1) is 12.4. The van der Waals surface area contributed by atoms with Gasteiger partial charge in [0.2, 0.25) is 0 Å². The fraction of sp³-hybridized carbons (Fsp3) is 0.900. The van der Waals surface area contributed by atoms with Crippen molar-refractivity contribution in [1.29, 1.82) is 0 Å². The van der Waals surface area contributed by atoms with Crippen molar-refractivity contribution in [3.05, 3.63) is 0 Å². The molecule has 13 heavy (non-hydrogen) atoms. The lowest BCUT2D eigenvalue weighted by Gasteiger charge is -2.40. The summed E-state index contributed by atoms with van der Waals surface area (Å²) < 4.78 is 0. The molecule has 0 saturated carbocycles. The largest absolute Gasteiger partial charge is 0.481 e. The Morgan fingerprint density at radius 1 is 1.23 bits per heavy atom. The smallest absolute Gasteiger partial charge is 0.310 e. The van der Waals surface area contributed by atoms with Crippen LogP contribution in [0.5, 0.6) is 0 Å². The first-order chi connectivity index (χ1) is 5.61. The molecular weight excluding hydrogens is 166 g/mol. The molecule has 0 heterocycles. The Morgan fingerprint density at radius 2 is 1.62 bits per heavy atom. The van der Waals surface area contributed by atoms with Crippen LogP contribution in [0.1, 0.15) is 41.5 Å². The molecule has 0 rings (SSSR count). The predicted octanol–water partition coefficient (Wildman–Crippen LogP) is 1.87. The summed E-state index contributed by atoms with van der Waals surface area (Å²) in [6.45, 7) is 11.3. The lowest BCUT2D eigenvalue weighted by Crippen LogP contribution is -2.57. The van der Waals surface area contributed by atoms with E-state index >= 15 is 0 Å². The van der Waals surface area contributed by atoms with Crippen LogP contribution < -0.4 is 5.32 Å². The third kappa shape index (κ3) is 2.69. The summed E-state index contributed by atoms with van der Waals surface area (Å²) >= 11 is 0. The standard InChI is InChI=1S/C10H21NO2/c1-7(2)11-10(5,6)9(3,4)8(12)13/h7,11H,1-6H3,(H,12,13). The molecule has 0 amide bonds. The summed E-state index contributed by atoms with van der Waals surface area (Å²) in [4.78, 5) is 11.0. The van der Waals surface area contributed by atoms with Crippen molar-refractivity contribution >= 4 is 5.97 Å². The number of aliphatic carboxylic acids is 1. The van der Waals surface area contributed by atoms with E-state index in [1.165, 1.54) is 0 Å². The number of hydrogen-bond acceptors (Lipinski definition) is 2. The number of carboxylic acids is 1. The van der Waals surface area contributed by atoms with Gasteiger partial charge in [-0.25, -0.2) is 0 Å². The van der Waals surface area contributed by atoms with E-state index in [9.17, 15) is 4.79 Å². The Kier molecular flexibility index (Phi) is 3.50. The molecule has 2 N–H and O–H groups in total. The zero-order chi connectivity index (χ0) is 10.9. The van der Waals surface area contributed by atoms with Gasteiger partial charge in [-0.2, -0.15) is 0 Å². The summed E-state index contributed by atoms with van der Waals surface area (Å²) in [5.74, 6) is -0.773. The van der Waals surface area contributed by atoms with Gasteiger partial charge in [0.15, 0.2) is 0 Å². The van der Waals surface area contributed by atoms with Crippen LogP contribution in [-0.4, -0.2) is 22.7 Å². The highest BCUT2D eigenvalue weighted by Gasteiger charge is 2.43. The zero-order valence-electron chi connectivity index (χ0n) is 9.43. The minimum Gasteiger partial charge on any atom is -0.481 e. The van der Waals surface area contributed by atoms with E-state index < -0.39 is 16.9 Å². The Hall–Kier alpha value is -0.570. The van der Waals surface area contributed by atoms with Crippen LogP contribution in [0.2, 0.25) is 0 Å². The van der Waals surface area contributed by atoms with Gasteiger partial charge in [-0.15, -0.1) is 0 Å². The molecule has 3 nitrogen and oxygen atoms in total. The van der Waals surface area contributed by atoms with Gasteiger partial charge in [0, 0.05) is 11.6 Å². The Balaban J connectivity index is 4.70. The zero-order valence-corrected chi connectivity index (χ0v) is 9.43. The lowest BCUT2D eigenvalue weighted by molar-refractivity contribution is -0.151. The van der Waals surface area contributed by atoms with Crippen molar-refractivity contribution in [2.75, 3.05) is 0 Å². The van der Waals surface area contributed by atoms with Crippen LogP contribution >= 0.6 is 0 Å². The van der Waals surface area contributed by atoms with Gasteiger partial charge in [0.25, 0.3) is 0 Å². The van der Waals surface area contributed by atoms with Gasteiger partial charge in [-0.1, -0.05) is 13.8 Å².